The van der Waals surface area contributed by atoms with E-state index in [2.05, 4.69) is 6.07 Å². The van der Waals surface area contributed by atoms with Gasteiger partial charge in [0, 0.05) is 34.7 Å². The van der Waals surface area contributed by atoms with Crippen molar-refractivity contribution < 1.29 is 14.3 Å². The predicted molar refractivity (Wildman–Crippen MR) is 95.7 cm³/mol. The SMILES string of the molecule is CC(C)(C)OC(=O)N1CCC2(CC1)CC(=O)c1cc(C#N)ccc1S2. The standard InChI is InChI=1S/C19H22N2O3S/c1-18(2,3)24-17(23)21-8-6-19(7-9-21)11-15(22)14-10-13(12-20)4-5-16(14)25-19/h4-5,10H,6-9,11H2,1-3H3. The van der Waals surface area contributed by atoms with Crippen LogP contribution < -0.4 is 0 Å². The van der Waals surface area contributed by atoms with Crippen molar-refractivity contribution in [1.29, 1.82) is 5.26 Å². The third-order valence-corrected chi connectivity index (χ3v) is 6.11. The molecule has 0 aromatic heterocycles. The van der Waals surface area contributed by atoms with Gasteiger partial charge in [0.15, 0.2) is 5.78 Å². The molecule has 1 amide bonds. The first-order valence-electron chi connectivity index (χ1n) is 8.46. The number of fused-ring (bicyclic) bond motifs is 1. The highest BCUT2D eigenvalue weighted by atomic mass is 32.2. The van der Waals surface area contributed by atoms with Crippen LogP contribution in [-0.4, -0.2) is 40.2 Å². The smallest absolute Gasteiger partial charge is 0.410 e. The number of Topliss-reactive ketones (excluding diaryl/α,β-unsaturated/α-hetero) is 1. The summed E-state index contributed by atoms with van der Waals surface area (Å²) in [6.45, 7) is 6.77. The summed E-state index contributed by atoms with van der Waals surface area (Å²) in [5.41, 5.74) is 0.673. The van der Waals surface area contributed by atoms with Gasteiger partial charge in [-0.3, -0.25) is 4.79 Å². The molecule has 2 aliphatic heterocycles. The number of thioether (sulfide) groups is 1. The number of carbonyl (C=O) groups is 2. The number of benzene rings is 1. The van der Waals surface area contributed by atoms with Crippen molar-refractivity contribution >= 4 is 23.6 Å². The Labute approximate surface area is 152 Å². The van der Waals surface area contributed by atoms with Gasteiger partial charge in [0.25, 0.3) is 0 Å². The number of hydrogen-bond acceptors (Lipinski definition) is 5. The fourth-order valence-corrected chi connectivity index (χ4v) is 4.74. The fourth-order valence-electron chi connectivity index (χ4n) is 3.27. The molecule has 2 aliphatic rings. The summed E-state index contributed by atoms with van der Waals surface area (Å²) < 4.78 is 5.28. The van der Waals surface area contributed by atoms with Crippen molar-refractivity contribution in [1.82, 2.24) is 4.90 Å². The summed E-state index contributed by atoms with van der Waals surface area (Å²) in [5.74, 6) is 0.0940. The van der Waals surface area contributed by atoms with E-state index < -0.39 is 5.60 Å². The molecule has 1 fully saturated rings. The van der Waals surface area contributed by atoms with E-state index in [9.17, 15) is 9.59 Å². The van der Waals surface area contributed by atoms with Crippen molar-refractivity contribution in [3.63, 3.8) is 0 Å². The third-order valence-electron chi connectivity index (χ3n) is 4.54. The van der Waals surface area contributed by atoms with Crippen molar-refractivity contribution in [2.75, 3.05) is 13.1 Å². The summed E-state index contributed by atoms with van der Waals surface area (Å²) in [6, 6.07) is 7.40. The zero-order valence-corrected chi connectivity index (χ0v) is 15.6. The summed E-state index contributed by atoms with van der Waals surface area (Å²) in [4.78, 5) is 27.5. The Morgan fingerprint density at radius 2 is 2.00 bits per heavy atom. The largest absolute Gasteiger partial charge is 0.444 e. The molecule has 5 nitrogen and oxygen atoms in total. The van der Waals surface area contributed by atoms with Crippen LogP contribution in [0.15, 0.2) is 23.1 Å². The normalized spacial score (nSPS) is 19.3. The van der Waals surface area contributed by atoms with Gasteiger partial charge in [0.05, 0.1) is 11.6 Å². The molecule has 1 spiro atoms. The molecule has 0 aliphatic carbocycles. The van der Waals surface area contributed by atoms with Gasteiger partial charge in [-0.1, -0.05) is 0 Å². The van der Waals surface area contributed by atoms with E-state index in [0.29, 0.717) is 30.6 Å². The van der Waals surface area contributed by atoms with Crippen LogP contribution in [0, 0.1) is 11.3 Å². The maximum absolute atomic E-state index is 12.6. The van der Waals surface area contributed by atoms with E-state index in [1.54, 1.807) is 28.8 Å². The van der Waals surface area contributed by atoms with Crippen molar-refractivity contribution in [3.05, 3.63) is 29.3 Å². The molecular weight excluding hydrogens is 336 g/mol. The average molecular weight is 358 g/mol. The first kappa shape index (κ1) is 17.8. The van der Waals surface area contributed by atoms with E-state index >= 15 is 0 Å². The number of rotatable bonds is 0. The van der Waals surface area contributed by atoms with Crippen LogP contribution in [0.3, 0.4) is 0 Å². The molecule has 0 radical (unpaired) electrons. The Balaban J connectivity index is 1.71. The van der Waals surface area contributed by atoms with Gasteiger partial charge >= 0.3 is 6.09 Å². The Hall–Kier alpha value is -2.00. The molecule has 1 aromatic carbocycles. The quantitative estimate of drug-likeness (QED) is 0.701. The van der Waals surface area contributed by atoms with Crippen LogP contribution in [0.5, 0.6) is 0 Å². The van der Waals surface area contributed by atoms with E-state index in [0.717, 1.165) is 17.7 Å². The van der Waals surface area contributed by atoms with Crippen LogP contribution in [0.1, 0.15) is 56.0 Å². The molecule has 25 heavy (non-hydrogen) atoms. The number of nitriles is 1. The predicted octanol–water partition coefficient (Wildman–Crippen LogP) is 4.01. The highest BCUT2D eigenvalue weighted by Crippen LogP contribution is 2.49. The van der Waals surface area contributed by atoms with Crippen LogP contribution in [-0.2, 0) is 4.74 Å². The lowest BCUT2D eigenvalue weighted by molar-refractivity contribution is 0.0196. The molecule has 0 unspecified atom stereocenters. The number of ether oxygens (including phenoxy) is 1. The molecule has 3 rings (SSSR count). The minimum atomic E-state index is -0.501. The van der Waals surface area contributed by atoms with E-state index in [1.165, 1.54) is 0 Å². The zero-order chi connectivity index (χ0) is 18.2. The molecule has 132 valence electrons. The minimum absolute atomic E-state index is 0.0940. The Kier molecular flexibility index (Phi) is 4.54. The van der Waals surface area contributed by atoms with Crippen LogP contribution >= 0.6 is 11.8 Å². The lowest BCUT2D eigenvalue weighted by Gasteiger charge is -2.43. The summed E-state index contributed by atoms with van der Waals surface area (Å²) in [7, 11) is 0. The average Bonchev–Trinajstić information content (AvgIpc) is 2.53. The first-order chi connectivity index (χ1) is 11.7. The topological polar surface area (TPSA) is 70.4 Å². The van der Waals surface area contributed by atoms with Crippen LogP contribution in [0.2, 0.25) is 0 Å². The van der Waals surface area contributed by atoms with E-state index in [-0.39, 0.29) is 16.6 Å². The summed E-state index contributed by atoms with van der Waals surface area (Å²) in [5, 5.41) is 9.01. The number of nitrogens with zero attached hydrogens (tertiary/aromatic N) is 2. The number of likely N-dealkylation sites (tertiary alicyclic amines) is 1. The molecule has 0 atom stereocenters. The van der Waals surface area contributed by atoms with Crippen molar-refractivity contribution in [3.8, 4) is 6.07 Å². The number of amides is 1. The molecular formula is C19H22N2O3S. The first-order valence-corrected chi connectivity index (χ1v) is 9.27. The zero-order valence-electron chi connectivity index (χ0n) is 14.8. The van der Waals surface area contributed by atoms with Gasteiger partial charge in [0.2, 0.25) is 0 Å². The van der Waals surface area contributed by atoms with Gasteiger partial charge in [-0.15, -0.1) is 11.8 Å². The number of hydrogen-bond donors (Lipinski definition) is 0. The number of ketones is 1. The van der Waals surface area contributed by atoms with Gasteiger partial charge in [-0.05, 0) is 51.8 Å². The lowest BCUT2D eigenvalue weighted by Crippen LogP contribution is -2.48. The highest BCUT2D eigenvalue weighted by molar-refractivity contribution is 8.01. The number of carbonyl (C=O) groups excluding carboxylic acids is 2. The third kappa shape index (κ3) is 3.82. The second kappa shape index (κ2) is 6.38. The van der Waals surface area contributed by atoms with Crippen LogP contribution in [0.4, 0.5) is 4.79 Å². The van der Waals surface area contributed by atoms with Crippen molar-refractivity contribution in [2.45, 2.75) is 55.3 Å². The fraction of sp³-hybridized carbons (Fsp3) is 0.526. The molecule has 1 aromatic rings. The Morgan fingerprint density at radius 3 is 2.60 bits per heavy atom. The van der Waals surface area contributed by atoms with E-state index in [1.807, 2.05) is 26.8 Å². The maximum Gasteiger partial charge on any atom is 0.410 e. The molecule has 2 heterocycles. The van der Waals surface area contributed by atoms with Gasteiger partial charge in [0.1, 0.15) is 5.60 Å². The second-order valence-corrected chi connectivity index (χ2v) is 9.19. The van der Waals surface area contributed by atoms with Gasteiger partial charge in [-0.2, -0.15) is 5.26 Å². The van der Waals surface area contributed by atoms with E-state index in [4.69, 9.17) is 10.00 Å². The maximum atomic E-state index is 12.6. The summed E-state index contributed by atoms with van der Waals surface area (Å²) >= 11 is 1.72. The number of piperidine rings is 1. The molecule has 0 N–H and O–H groups in total. The Bertz CT molecular complexity index is 753. The Morgan fingerprint density at radius 1 is 1.32 bits per heavy atom. The summed E-state index contributed by atoms with van der Waals surface area (Å²) in [6.07, 6.45) is 1.71. The molecule has 6 heteroatoms. The van der Waals surface area contributed by atoms with Crippen molar-refractivity contribution in [2.24, 2.45) is 0 Å². The second-order valence-electron chi connectivity index (χ2n) is 7.68. The van der Waals surface area contributed by atoms with Gasteiger partial charge < -0.3 is 9.64 Å². The molecule has 1 saturated heterocycles. The van der Waals surface area contributed by atoms with Crippen LogP contribution in [0.25, 0.3) is 0 Å². The molecule has 0 saturated carbocycles. The monoisotopic (exact) mass is 358 g/mol. The molecule has 0 bridgehead atoms. The minimum Gasteiger partial charge on any atom is -0.444 e. The highest BCUT2D eigenvalue weighted by Gasteiger charge is 2.43. The lowest BCUT2D eigenvalue weighted by atomic mass is 9.88. The van der Waals surface area contributed by atoms with Gasteiger partial charge in [-0.25, -0.2) is 4.79 Å².